The first kappa shape index (κ1) is 9.25. The average molecular weight is 258 g/mol. The highest BCUT2D eigenvalue weighted by atomic mass is 79.9. The van der Waals surface area contributed by atoms with Crippen LogP contribution in [0.2, 0.25) is 0 Å². The number of H-pyrrole nitrogens is 1. The summed E-state index contributed by atoms with van der Waals surface area (Å²) < 4.78 is 1.73. The van der Waals surface area contributed by atoms with E-state index in [2.05, 4.69) is 46.9 Å². The Morgan fingerprint density at radius 2 is 2.50 bits per heavy atom. The molecule has 0 amide bonds. The maximum absolute atomic E-state index is 3.93. The molecule has 0 saturated carbocycles. The predicted molar refractivity (Wildman–Crippen MR) is 50.6 cm³/mol. The molecule has 0 aliphatic rings. The van der Waals surface area contributed by atoms with Crippen molar-refractivity contribution in [3.63, 3.8) is 0 Å². The smallest absolute Gasteiger partial charge is 0.196 e. The lowest BCUT2D eigenvalue weighted by Gasteiger charge is -2.04. The predicted octanol–water partition coefficient (Wildman–Crippen LogP) is 0.295. The highest BCUT2D eigenvalue weighted by Crippen LogP contribution is 2.20. The zero-order valence-corrected chi connectivity index (χ0v) is 9.01. The molecule has 74 valence electrons. The number of alkyl halides is 1. The Labute approximate surface area is 88.0 Å². The van der Waals surface area contributed by atoms with Gasteiger partial charge in [0.1, 0.15) is 6.54 Å². The van der Waals surface area contributed by atoms with Gasteiger partial charge in [0.15, 0.2) is 5.82 Å². The van der Waals surface area contributed by atoms with Crippen LogP contribution in [0.3, 0.4) is 0 Å². The molecule has 2 aromatic rings. The maximum Gasteiger partial charge on any atom is 0.196 e. The SMILES string of the molecule is CC(Br)c1cnnn1Cc1nn[nH]n1. The Morgan fingerprint density at radius 1 is 1.64 bits per heavy atom. The lowest BCUT2D eigenvalue weighted by Crippen LogP contribution is -2.08. The van der Waals surface area contributed by atoms with Crippen molar-refractivity contribution in [2.45, 2.75) is 18.3 Å². The number of aromatic nitrogens is 7. The zero-order valence-electron chi connectivity index (χ0n) is 7.42. The van der Waals surface area contributed by atoms with Crippen LogP contribution in [0.25, 0.3) is 0 Å². The second-order valence-electron chi connectivity index (χ2n) is 2.76. The molecule has 2 rings (SSSR count). The first-order chi connectivity index (χ1) is 6.77. The van der Waals surface area contributed by atoms with E-state index in [-0.39, 0.29) is 4.83 Å². The van der Waals surface area contributed by atoms with Crippen LogP contribution in [0.5, 0.6) is 0 Å². The second kappa shape index (κ2) is 3.82. The number of aromatic amines is 1. The molecular weight excluding hydrogens is 250 g/mol. The molecule has 1 atom stereocenters. The van der Waals surface area contributed by atoms with Gasteiger partial charge in [0.25, 0.3) is 0 Å². The molecule has 2 heterocycles. The van der Waals surface area contributed by atoms with Crippen molar-refractivity contribution in [2.24, 2.45) is 0 Å². The van der Waals surface area contributed by atoms with Crippen molar-refractivity contribution >= 4 is 15.9 Å². The fraction of sp³-hybridized carbons (Fsp3) is 0.500. The molecule has 0 aliphatic carbocycles. The van der Waals surface area contributed by atoms with Crippen molar-refractivity contribution < 1.29 is 0 Å². The molecule has 0 radical (unpaired) electrons. The molecule has 8 heteroatoms. The second-order valence-corrected chi connectivity index (χ2v) is 4.13. The summed E-state index contributed by atoms with van der Waals surface area (Å²) in [7, 11) is 0. The van der Waals surface area contributed by atoms with Gasteiger partial charge in [0.2, 0.25) is 0 Å². The fourth-order valence-corrected chi connectivity index (χ4v) is 1.43. The standard InChI is InChI=1S/C6H8BrN7/c1-4(7)5-2-8-13-14(5)3-6-9-11-12-10-6/h2,4H,3H2,1H3,(H,9,10,11,12). The van der Waals surface area contributed by atoms with E-state index in [1.54, 1.807) is 10.9 Å². The van der Waals surface area contributed by atoms with E-state index >= 15 is 0 Å². The Balaban J connectivity index is 2.21. The van der Waals surface area contributed by atoms with E-state index in [0.717, 1.165) is 5.69 Å². The summed E-state index contributed by atoms with van der Waals surface area (Å²) in [5, 5.41) is 21.3. The summed E-state index contributed by atoms with van der Waals surface area (Å²) in [6.07, 6.45) is 1.71. The number of nitrogens with one attached hydrogen (secondary N) is 1. The third kappa shape index (κ3) is 1.79. The van der Waals surface area contributed by atoms with E-state index in [1.807, 2.05) is 6.92 Å². The van der Waals surface area contributed by atoms with E-state index < -0.39 is 0 Å². The molecule has 2 aromatic heterocycles. The van der Waals surface area contributed by atoms with Gasteiger partial charge in [-0.05, 0) is 6.92 Å². The molecule has 1 unspecified atom stereocenters. The van der Waals surface area contributed by atoms with Crippen LogP contribution < -0.4 is 0 Å². The van der Waals surface area contributed by atoms with Gasteiger partial charge in [-0.15, -0.1) is 15.3 Å². The number of nitrogens with zero attached hydrogens (tertiary/aromatic N) is 6. The Bertz CT molecular complexity index is 392. The van der Waals surface area contributed by atoms with Gasteiger partial charge in [-0.3, -0.25) is 0 Å². The summed E-state index contributed by atoms with van der Waals surface area (Å²) in [5.41, 5.74) is 0.981. The topological polar surface area (TPSA) is 85.2 Å². The summed E-state index contributed by atoms with van der Waals surface area (Å²) in [5.74, 6) is 0.588. The lowest BCUT2D eigenvalue weighted by atomic mass is 10.3. The van der Waals surface area contributed by atoms with Crippen LogP contribution in [-0.4, -0.2) is 35.6 Å². The molecule has 0 fully saturated rings. The largest absolute Gasteiger partial charge is 0.240 e. The van der Waals surface area contributed by atoms with Crippen LogP contribution in [0.1, 0.15) is 23.3 Å². The lowest BCUT2D eigenvalue weighted by molar-refractivity contribution is 0.600. The van der Waals surface area contributed by atoms with Crippen LogP contribution in [-0.2, 0) is 6.54 Å². The quantitative estimate of drug-likeness (QED) is 0.800. The summed E-state index contributed by atoms with van der Waals surface area (Å²) in [4.78, 5) is 0.199. The zero-order chi connectivity index (χ0) is 9.97. The van der Waals surface area contributed by atoms with Gasteiger partial charge >= 0.3 is 0 Å². The Kier molecular flexibility index (Phi) is 2.53. The van der Waals surface area contributed by atoms with Gasteiger partial charge in [0, 0.05) is 0 Å². The van der Waals surface area contributed by atoms with Gasteiger partial charge in [-0.25, -0.2) is 4.68 Å². The normalized spacial score (nSPS) is 13.0. The highest BCUT2D eigenvalue weighted by Gasteiger charge is 2.10. The molecular formula is C6H8BrN7. The van der Waals surface area contributed by atoms with E-state index in [1.165, 1.54) is 0 Å². The maximum atomic E-state index is 3.93. The molecule has 7 nitrogen and oxygen atoms in total. The summed E-state index contributed by atoms with van der Waals surface area (Å²) >= 11 is 3.45. The first-order valence-corrected chi connectivity index (χ1v) is 4.93. The van der Waals surface area contributed by atoms with Gasteiger partial charge in [0.05, 0.1) is 16.7 Å². The molecule has 0 aromatic carbocycles. The molecule has 0 bridgehead atoms. The average Bonchev–Trinajstić information content (AvgIpc) is 2.75. The first-order valence-electron chi connectivity index (χ1n) is 4.02. The van der Waals surface area contributed by atoms with Crippen molar-refractivity contribution in [1.29, 1.82) is 0 Å². The Hall–Kier alpha value is -1.31. The van der Waals surface area contributed by atoms with Gasteiger partial charge in [-0.2, -0.15) is 5.21 Å². The van der Waals surface area contributed by atoms with E-state index in [4.69, 9.17) is 0 Å². The third-order valence-corrected chi connectivity index (χ3v) is 2.20. The third-order valence-electron chi connectivity index (χ3n) is 1.74. The van der Waals surface area contributed by atoms with Crippen molar-refractivity contribution in [3.05, 3.63) is 17.7 Å². The minimum atomic E-state index is 0.199. The molecule has 0 aliphatic heterocycles. The van der Waals surface area contributed by atoms with Crippen molar-refractivity contribution in [2.75, 3.05) is 0 Å². The summed E-state index contributed by atoms with van der Waals surface area (Å²) in [6, 6.07) is 0. The van der Waals surface area contributed by atoms with Gasteiger partial charge in [-0.1, -0.05) is 26.4 Å². The minimum absolute atomic E-state index is 0.199. The Morgan fingerprint density at radius 3 is 3.14 bits per heavy atom. The van der Waals surface area contributed by atoms with Crippen molar-refractivity contribution in [1.82, 2.24) is 35.6 Å². The molecule has 0 saturated heterocycles. The fourth-order valence-electron chi connectivity index (χ4n) is 1.08. The molecule has 0 spiro atoms. The van der Waals surface area contributed by atoms with Gasteiger partial charge < -0.3 is 0 Å². The van der Waals surface area contributed by atoms with E-state index in [9.17, 15) is 0 Å². The van der Waals surface area contributed by atoms with Crippen molar-refractivity contribution in [3.8, 4) is 0 Å². The molecule has 1 N–H and O–H groups in total. The summed E-state index contributed by atoms with van der Waals surface area (Å²) in [6.45, 7) is 2.48. The van der Waals surface area contributed by atoms with E-state index in [0.29, 0.717) is 12.4 Å². The van der Waals surface area contributed by atoms with Crippen LogP contribution in [0, 0.1) is 0 Å². The van der Waals surface area contributed by atoms with Crippen LogP contribution in [0.4, 0.5) is 0 Å². The number of rotatable bonds is 3. The van der Waals surface area contributed by atoms with Crippen LogP contribution >= 0.6 is 15.9 Å². The highest BCUT2D eigenvalue weighted by molar-refractivity contribution is 9.09. The monoisotopic (exact) mass is 257 g/mol. The van der Waals surface area contributed by atoms with Crippen LogP contribution in [0.15, 0.2) is 6.20 Å². The molecule has 14 heavy (non-hydrogen) atoms. The number of hydrogen-bond donors (Lipinski definition) is 1. The minimum Gasteiger partial charge on any atom is -0.240 e. The number of hydrogen-bond acceptors (Lipinski definition) is 5. The number of tetrazole rings is 1. The number of halogens is 1.